The van der Waals surface area contributed by atoms with Crippen molar-refractivity contribution in [2.24, 2.45) is 0 Å². The molecular formula is C28H14CaO10S2. The minimum Gasteiger partial charge on any atom is -0.744 e. The van der Waals surface area contributed by atoms with Gasteiger partial charge in [0.25, 0.3) is 0 Å². The van der Waals surface area contributed by atoms with Crippen LogP contribution in [0.2, 0.25) is 0 Å². The summed E-state index contributed by atoms with van der Waals surface area (Å²) in [6, 6.07) is 19.6. The van der Waals surface area contributed by atoms with Gasteiger partial charge in [0, 0.05) is 33.4 Å². The Morgan fingerprint density at radius 2 is 0.659 bits per heavy atom. The molecule has 4 aromatic rings. The first-order chi connectivity index (χ1) is 18.8. The van der Waals surface area contributed by atoms with Crippen molar-refractivity contribution >= 4 is 81.1 Å². The van der Waals surface area contributed by atoms with E-state index in [9.17, 15) is 45.1 Å². The number of ketones is 4. The third-order valence-electron chi connectivity index (χ3n) is 6.37. The molecule has 2 aliphatic carbocycles. The average Bonchev–Trinajstić information content (AvgIpc) is 2.93. The standard InChI is InChI=1S/2C14H8O5S.Ca/c2*15-13-8-4-1-2-5-9(8)14(16)12-10(13)6-3-7-11(12)20(17,18)19;/h2*1-7H,(H,17,18,19);/q;;+2/p-2. The van der Waals surface area contributed by atoms with Crippen LogP contribution in [0.1, 0.15) is 63.7 Å². The van der Waals surface area contributed by atoms with Gasteiger partial charge in [0.15, 0.2) is 23.1 Å². The van der Waals surface area contributed by atoms with Gasteiger partial charge in [0.2, 0.25) is 0 Å². The second kappa shape index (κ2) is 11.1. The van der Waals surface area contributed by atoms with Crippen LogP contribution >= 0.6 is 0 Å². The second-order valence-corrected chi connectivity index (χ2v) is 11.4. The van der Waals surface area contributed by atoms with Gasteiger partial charge in [-0.2, -0.15) is 0 Å². The Kier molecular flexibility index (Phi) is 8.31. The van der Waals surface area contributed by atoms with Gasteiger partial charge in [0.05, 0.1) is 20.9 Å². The van der Waals surface area contributed by atoms with E-state index in [1.807, 2.05) is 0 Å². The normalized spacial score (nSPS) is 13.5. The number of benzene rings is 4. The zero-order valence-corrected chi connectivity index (χ0v) is 24.5. The van der Waals surface area contributed by atoms with E-state index in [1.165, 1.54) is 48.5 Å². The van der Waals surface area contributed by atoms with Gasteiger partial charge in [-0.1, -0.05) is 72.8 Å². The maximum Gasteiger partial charge on any atom is 2.00 e. The SMILES string of the molecule is O=C1c2ccccc2C(=O)c2c1cccc2S(=O)(=O)[O-].O=C1c2ccccc2C(=O)c2c1cccc2S(=O)(=O)[O-].[Ca+2]. The van der Waals surface area contributed by atoms with Crippen molar-refractivity contribution in [3.8, 4) is 0 Å². The molecule has 0 heterocycles. The number of carbonyl (C=O) groups excluding carboxylic acids is 4. The third-order valence-corrected chi connectivity index (χ3v) is 8.12. The van der Waals surface area contributed by atoms with E-state index in [4.69, 9.17) is 0 Å². The summed E-state index contributed by atoms with van der Waals surface area (Å²) in [6.07, 6.45) is 0. The van der Waals surface area contributed by atoms with E-state index in [0.717, 1.165) is 12.1 Å². The van der Waals surface area contributed by atoms with Gasteiger partial charge in [-0.25, -0.2) is 16.8 Å². The van der Waals surface area contributed by atoms with Gasteiger partial charge in [-0.05, 0) is 12.1 Å². The summed E-state index contributed by atoms with van der Waals surface area (Å²) in [5.41, 5.74) is -0.105. The molecule has 0 N–H and O–H groups in total. The van der Waals surface area contributed by atoms with Crippen molar-refractivity contribution in [1.29, 1.82) is 0 Å². The number of fused-ring (bicyclic) bond motifs is 4. The molecule has 200 valence electrons. The van der Waals surface area contributed by atoms with E-state index in [0.29, 0.717) is 0 Å². The molecule has 0 aliphatic heterocycles. The predicted molar refractivity (Wildman–Crippen MR) is 141 cm³/mol. The fraction of sp³-hybridized carbons (Fsp3) is 0. The zero-order valence-electron chi connectivity index (χ0n) is 20.7. The van der Waals surface area contributed by atoms with E-state index >= 15 is 0 Å². The van der Waals surface area contributed by atoms with Crippen molar-refractivity contribution in [3.05, 3.63) is 129 Å². The summed E-state index contributed by atoms with van der Waals surface area (Å²) < 4.78 is 67.5. The third kappa shape index (κ3) is 5.35. The predicted octanol–water partition coefficient (Wildman–Crippen LogP) is 2.35. The van der Waals surface area contributed by atoms with Crippen molar-refractivity contribution in [2.45, 2.75) is 9.79 Å². The first kappa shape index (κ1) is 30.6. The van der Waals surface area contributed by atoms with Crippen LogP contribution in [0.25, 0.3) is 0 Å². The maximum atomic E-state index is 12.4. The molecule has 0 spiro atoms. The quantitative estimate of drug-likeness (QED) is 0.207. The van der Waals surface area contributed by atoms with Crippen LogP contribution in [0.3, 0.4) is 0 Å². The van der Waals surface area contributed by atoms with E-state index in [1.54, 1.807) is 24.3 Å². The smallest absolute Gasteiger partial charge is 0.744 e. The molecule has 4 aromatic carbocycles. The topological polar surface area (TPSA) is 183 Å². The van der Waals surface area contributed by atoms with Crippen LogP contribution in [0.4, 0.5) is 0 Å². The Morgan fingerprint density at radius 1 is 0.390 bits per heavy atom. The first-order valence-corrected chi connectivity index (χ1v) is 14.2. The molecular weight excluding hydrogens is 601 g/mol. The van der Waals surface area contributed by atoms with Crippen molar-refractivity contribution < 1.29 is 45.1 Å². The number of carbonyl (C=O) groups is 4. The van der Waals surface area contributed by atoms with Crippen molar-refractivity contribution in [1.82, 2.24) is 0 Å². The summed E-state index contributed by atoms with van der Waals surface area (Å²) in [7, 11) is -9.65. The van der Waals surface area contributed by atoms with Crippen LogP contribution in [0.5, 0.6) is 0 Å². The molecule has 0 saturated carbocycles. The molecule has 0 fully saturated rings. The largest absolute Gasteiger partial charge is 2.00 e. The van der Waals surface area contributed by atoms with Crippen LogP contribution in [0, 0.1) is 0 Å². The van der Waals surface area contributed by atoms with Crippen LogP contribution in [-0.2, 0) is 20.2 Å². The van der Waals surface area contributed by atoms with Gasteiger partial charge in [-0.15, -0.1) is 0 Å². The van der Waals surface area contributed by atoms with Crippen LogP contribution in [0.15, 0.2) is 94.7 Å². The molecule has 0 saturated heterocycles. The fourth-order valence-corrected chi connectivity index (χ4v) is 6.04. The Balaban J connectivity index is 0.000000184. The Hall–Kier alpha value is -3.36. The monoisotopic (exact) mass is 614 g/mol. The van der Waals surface area contributed by atoms with Gasteiger partial charge < -0.3 is 9.11 Å². The zero-order chi connectivity index (χ0) is 29.0. The summed E-state index contributed by atoms with van der Waals surface area (Å²) >= 11 is 0. The summed E-state index contributed by atoms with van der Waals surface area (Å²) in [5.74, 6) is -2.16. The van der Waals surface area contributed by atoms with Crippen molar-refractivity contribution in [2.75, 3.05) is 0 Å². The Bertz CT molecular complexity index is 1880. The average molecular weight is 615 g/mol. The molecule has 13 heteroatoms. The van der Waals surface area contributed by atoms with Gasteiger partial charge >= 0.3 is 37.7 Å². The summed E-state index contributed by atoms with van der Waals surface area (Å²) in [6.45, 7) is 0. The molecule has 0 atom stereocenters. The van der Waals surface area contributed by atoms with Crippen molar-refractivity contribution in [3.63, 3.8) is 0 Å². The number of hydrogen-bond acceptors (Lipinski definition) is 10. The molecule has 0 aromatic heterocycles. The first-order valence-electron chi connectivity index (χ1n) is 11.4. The van der Waals surface area contributed by atoms with E-state index in [-0.39, 0.29) is 82.2 Å². The fourth-order valence-electron chi connectivity index (χ4n) is 4.64. The summed E-state index contributed by atoms with van der Waals surface area (Å²) in [4.78, 5) is 48.0. The molecule has 2 aliphatic rings. The van der Waals surface area contributed by atoms with E-state index < -0.39 is 53.2 Å². The molecule has 10 nitrogen and oxygen atoms in total. The Morgan fingerprint density at radius 3 is 0.951 bits per heavy atom. The molecule has 6 rings (SSSR count). The number of hydrogen-bond donors (Lipinski definition) is 0. The van der Waals surface area contributed by atoms with E-state index in [2.05, 4.69) is 0 Å². The molecule has 0 radical (unpaired) electrons. The van der Waals surface area contributed by atoms with Crippen LogP contribution in [-0.4, -0.2) is 86.8 Å². The molecule has 0 unspecified atom stereocenters. The molecule has 0 amide bonds. The van der Waals surface area contributed by atoms with Gasteiger partial charge in [-0.3, -0.25) is 19.2 Å². The minimum atomic E-state index is -4.83. The Labute approximate surface area is 263 Å². The molecule has 41 heavy (non-hydrogen) atoms. The number of rotatable bonds is 2. The van der Waals surface area contributed by atoms with Crippen LogP contribution < -0.4 is 0 Å². The summed E-state index contributed by atoms with van der Waals surface area (Å²) in [5, 5.41) is 0. The second-order valence-electron chi connectivity index (χ2n) is 8.67. The minimum absolute atomic E-state index is 0. The van der Waals surface area contributed by atoms with Gasteiger partial charge in [0.1, 0.15) is 20.2 Å². The maximum absolute atomic E-state index is 12.4. The molecule has 0 bridgehead atoms.